The number of carbonyl (C=O) groups is 1. The maximum absolute atomic E-state index is 13.2. The van der Waals surface area contributed by atoms with Gasteiger partial charge in [0, 0.05) is 0 Å². The number of Topliss-reactive ketones (excluding diaryl/α,β-unsaturated/α-hetero) is 1. The van der Waals surface area contributed by atoms with Crippen molar-refractivity contribution in [2.75, 3.05) is 11.5 Å². The highest BCUT2D eigenvalue weighted by Crippen LogP contribution is 2.12. The molecule has 1 rings (SSSR count). The Kier molecular flexibility index (Phi) is 5.40. The molecule has 0 saturated heterocycles. The summed E-state index contributed by atoms with van der Waals surface area (Å²) in [6.45, 7) is 2.11. The van der Waals surface area contributed by atoms with Crippen LogP contribution in [-0.2, 0) is 0 Å². The van der Waals surface area contributed by atoms with Crippen LogP contribution in [0.25, 0.3) is 0 Å². The standard InChI is InChI=1S/C12H15FOS/c1-2-3-8-15-9-12(14)10-6-4-5-7-11(10)13/h4-7H,2-3,8-9H2,1H3. The SMILES string of the molecule is CCCCSCC(=O)c1ccccc1F. The molecule has 15 heavy (non-hydrogen) atoms. The lowest BCUT2D eigenvalue weighted by Crippen LogP contribution is -2.05. The van der Waals surface area contributed by atoms with E-state index in [0.29, 0.717) is 5.75 Å². The number of hydrogen-bond donors (Lipinski definition) is 0. The third-order valence-corrected chi connectivity index (χ3v) is 3.09. The van der Waals surface area contributed by atoms with Gasteiger partial charge in [0.1, 0.15) is 5.82 Å². The predicted molar refractivity (Wildman–Crippen MR) is 63.0 cm³/mol. The lowest BCUT2D eigenvalue weighted by Gasteiger charge is -2.01. The Hall–Kier alpha value is -0.830. The Bertz CT molecular complexity index is 325. The summed E-state index contributed by atoms with van der Waals surface area (Å²) in [4.78, 5) is 11.6. The molecule has 0 N–H and O–H groups in total. The number of carbonyl (C=O) groups excluding carboxylic acids is 1. The molecular weight excluding hydrogens is 211 g/mol. The smallest absolute Gasteiger partial charge is 0.175 e. The van der Waals surface area contributed by atoms with Gasteiger partial charge in [0.15, 0.2) is 5.78 Å². The molecule has 0 atom stereocenters. The van der Waals surface area contributed by atoms with Crippen LogP contribution in [0.3, 0.4) is 0 Å². The maximum Gasteiger partial charge on any atom is 0.175 e. The zero-order valence-electron chi connectivity index (χ0n) is 8.83. The van der Waals surface area contributed by atoms with Crippen LogP contribution in [0.5, 0.6) is 0 Å². The average Bonchev–Trinajstić information content (AvgIpc) is 2.25. The van der Waals surface area contributed by atoms with E-state index in [4.69, 9.17) is 0 Å². The number of thioether (sulfide) groups is 1. The summed E-state index contributed by atoms with van der Waals surface area (Å²) in [5.41, 5.74) is 0.210. The first kappa shape index (κ1) is 12.2. The van der Waals surface area contributed by atoms with Crippen molar-refractivity contribution in [2.24, 2.45) is 0 Å². The zero-order chi connectivity index (χ0) is 11.1. The molecule has 0 bridgehead atoms. The molecule has 0 radical (unpaired) electrons. The molecule has 1 aromatic rings. The average molecular weight is 226 g/mol. The van der Waals surface area contributed by atoms with Crippen LogP contribution in [0.4, 0.5) is 4.39 Å². The molecule has 0 aromatic heterocycles. The predicted octanol–water partition coefficient (Wildman–Crippen LogP) is 3.54. The Balaban J connectivity index is 2.44. The topological polar surface area (TPSA) is 17.1 Å². The lowest BCUT2D eigenvalue weighted by atomic mass is 10.1. The highest BCUT2D eigenvalue weighted by molar-refractivity contribution is 7.99. The second kappa shape index (κ2) is 6.62. The number of unbranched alkanes of at least 4 members (excludes halogenated alkanes) is 1. The van der Waals surface area contributed by atoms with Crippen molar-refractivity contribution < 1.29 is 9.18 Å². The van der Waals surface area contributed by atoms with Crippen LogP contribution in [0, 0.1) is 5.82 Å². The van der Waals surface area contributed by atoms with Gasteiger partial charge in [0.05, 0.1) is 11.3 Å². The van der Waals surface area contributed by atoms with Crippen molar-refractivity contribution in [3.63, 3.8) is 0 Å². The second-order valence-corrected chi connectivity index (χ2v) is 4.41. The van der Waals surface area contributed by atoms with Crippen LogP contribution in [0.2, 0.25) is 0 Å². The largest absolute Gasteiger partial charge is 0.293 e. The van der Waals surface area contributed by atoms with Crippen molar-refractivity contribution in [3.8, 4) is 0 Å². The highest BCUT2D eigenvalue weighted by Gasteiger charge is 2.09. The molecule has 0 aliphatic rings. The Morgan fingerprint density at radius 3 is 2.80 bits per heavy atom. The molecule has 0 spiro atoms. The molecule has 3 heteroatoms. The monoisotopic (exact) mass is 226 g/mol. The van der Waals surface area contributed by atoms with Gasteiger partial charge in [0.25, 0.3) is 0 Å². The Labute approximate surface area is 94.1 Å². The van der Waals surface area contributed by atoms with Gasteiger partial charge >= 0.3 is 0 Å². The molecule has 0 aliphatic carbocycles. The molecule has 0 heterocycles. The van der Waals surface area contributed by atoms with Crippen molar-refractivity contribution in [3.05, 3.63) is 35.6 Å². The summed E-state index contributed by atoms with van der Waals surface area (Å²) in [6, 6.07) is 6.14. The summed E-state index contributed by atoms with van der Waals surface area (Å²) in [7, 11) is 0. The minimum atomic E-state index is -0.418. The minimum absolute atomic E-state index is 0.116. The first-order valence-corrected chi connectivity index (χ1v) is 6.26. The van der Waals surface area contributed by atoms with Crippen molar-refractivity contribution >= 4 is 17.5 Å². The number of hydrogen-bond acceptors (Lipinski definition) is 2. The van der Waals surface area contributed by atoms with Gasteiger partial charge in [0.2, 0.25) is 0 Å². The van der Waals surface area contributed by atoms with E-state index in [1.165, 1.54) is 12.1 Å². The van der Waals surface area contributed by atoms with Crippen LogP contribution < -0.4 is 0 Å². The van der Waals surface area contributed by atoms with Gasteiger partial charge in [-0.1, -0.05) is 25.5 Å². The number of benzene rings is 1. The van der Waals surface area contributed by atoms with Crippen LogP contribution in [0.15, 0.2) is 24.3 Å². The van der Waals surface area contributed by atoms with E-state index in [9.17, 15) is 9.18 Å². The first-order chi connectivity index (χ1) is 7.25. The van der Waals surface area contributed by atoms with Crippen LogP contribution in [0.1, 0.15) is 30.1 Å². The fraction of sp³-hybridized carbons (Fsp3) is 0.417. The first-order valence-electron chi connectivity index (χ1n) is 5.11. The molecule has 1 aromatic carbocycles. The van der Waals surface area contributed by atoms with E-state index >= 15 is 0 Å². The van der Waals surface area contributed by atoms with Gasteiger partial charge < -0.3 is 0 Å². The quantitative estimate of drug-likeness (QED) is 0.545. The van der Waals surface area contributed by atoms with E-state index in [0.717, 1.165) is 18.6 Å². The van der Waals surface area contributed by atoms with Gasteiger partial charge in [-0.25, -0.2) is 4.39 Å². The molecule has 0 amide bonds. The molecule has 0 fully saturated rings. The molecule has 0 unspecified atom stereocenters. The summed E-state index contributed by atoms with van der Waals surface area (Å²) in [6.07, 6.45) is 2.23. The third-order valence-electron chi connectivity index (χ3n) is 2.05. The molecule has 0 saturated carbocycles. The van der Waals surface area contributed by atoms with Crippen molar-refractivity contribution in [2.45, 2.75) is 19.8 Å². The number of halogens is 1. The normalized spacial score (nSPS) is 10.3. The van der Waals surface area contributed by atoms with E-state index in [1.54, 1.807) is 23.9 Å². The minimum Gasteiger partial charge on any atom is -0.293 e. The molecule has 1 nitrogen and oxygen atoms in total. The summed E-state index contributed by atoms with van der Waals surface area (Å²) < 4.78 is 13.2. The van der Waals surface area contributed by atoms with Crippen molar-refractivity contribution in [1.82, 2.24) is 0 Å². The van der Waals surface area contributed by atoms with E-state index in [2.05, 4.69) is 6.92 Å². The van der Waals surface area contributed by atoms with Gasteiger partial charge in [-0.3, -0.25) is 4.79 Å². The Morgan fingerprint density at radius 2 is 2.13 bits per heavy atom. The maximum atomic E-state index is 13.2. The second-order valence-electron chi connectivity index (χ2n) is 3.31. The lowest BCUT2D eigenvalue weighted by molar-refractivity contribution is 0.101. The van der Waals surface area contributed by atoms with Gasteiger partial charge in [-0.2, -0.15) is 11.8 Å². The summed E-state index contributed by atoms with van der Waals surface area (Å²) in [5.74, 6) is 0.810. The molecule has 82 valence electrons. The molecular formula is C12H15FOS. The van der Waals surface area contributed by atoms with E-state index in [1.807, 2.05) is 0 Å². The van der Waals surface area contributed by atoms with E-state index < -0.39 is 5.82 Å². The fourth-order valence-electron chi connectivity index (χ4n) is 1.18. The van der Waals surface area contributed by atoms with E-state index in [-0.39, 0.29) is 11.3 Å². The van der Waals surface area contributed by atoms with Gasteiger partial charge in [-0.15, -0.1) is 0 Å². The van der Waals surface area contributed by atoms with Crippen molar-refractivity contribution in [1.29, 1.82) is 0 Å². The highest BCUT2D eigenvalue weighted by atomic mass is 32.2. The van der Waals surface area contributed by atoms with Crippen LogP contribution >= 0.6 is 11.8 Å². The molecule has 0 aliphatic heterocycles. The summed E-state index contributed by atoms with van der Waals surface area (Å²) in [5, 5.41) is 0. The fourth-order valence-corrected chi connectivity index (χ4v) is 2.15. The zero-order valence-corrected chi connectivity index (χ0v) is 9.65. The number of rotatable bonds is 6. The van der Waals surface area contributed by atoms with Gasteiger partial charge in [-0.05, 0) is 24.3 Å². The third kappa shape index (κ3) is 4.04. The number of ketones is 1. The summed E-state index contributed by atoms with van der Waals surface area (Å²) >= 11 is 1.57. The van der Waals surface area contributed by atoms with Crippen LogP contribution in [-0.4, -0.2) is 17.3 Å². The Morgan fingerprint density at radius 1 is 1.40 bits per heavy atom.